The average Bonchev–Trinajstić information content (AvgIpc) is 3.03. The van der Waals surface area contributed by atoms with Gasteiger partial charge in [0, 0.05) is 12.1 Å². The molecule has 5 heteroatoms. The SMILES string of the molecule is CC(C)C(=O)N(Cc1ccccn1)c1nc2c(C(C)C)cccc2s1. The van der Waals surface area contributed by atoms with Gasteiger partial charge in [-0.3, -0.25) is 14.7 Å². The van der Waals surface area contributed by atoms with Crippen molar-refractivity contribution < 1.29 is 4.79 Å². The number of amides is 1. The smallest absolute Gasteiger partial charge is 0.231 e. The lowest BCUT2D eigenvalue weighted by Gasteiger charge is -2.21. The standard InChI is InChI=1S/C20H23N3OS/c1-13(2)16-9-7-10-17-18(16)22-20(25-17)23(19(24)14(3)4)12-15-8-5-6-11-21-15/h5-11,13-14H,12H2,1-4H3. The summed E-state index contributed by atoms with van der Waals surface area (Å²) in [7, 11) is 0. The summed E-state index contributed by atoms with van der Waals surface area (Å²) in [6.45, 7) is 8.60. The van der Waals surface area contributed by atoms with Crippen LogP contribution < -0.4 is 4.90 Å². The van der Waals surface area contributed by atoms with Gasteiger partial charge in [0.15, 0.2) is 5.13 Å². The predicted molar refractivity (Wildman–Crippen MR) is 104 cm³/mol. The molecule has 0 spiro atoms. The molecule has 3 aromatic rings. The van der Waals surface area contributed by atoms with E-state index in [4.69, 9.17) is 4.98 Å². The van der Waals surface area contributed by atoms with Crippen LogP contribution in [0.25, 0.3) is 10.2 Å². The van der Waals surface area contributed by atoms with Crippen LogP contribution in [0.1, 0.15) is 44.9 Å². The summed E-state index contributed by atoms with van der Waals surface area (Å²) in [6, 6.07) is 12.0. The van der Waals surface area contributed by atoms with E-state index in [9.17, 15) is 4.79 Å². The second-order valence-corrected chi connectivity index (χ2v) is 7.75. The number of carbonyl (C=O) groups is 1. The minimum absolute atomic E-state index is 0.0656. The maximum atomic E-state index is 12.8. The van der Waals surface area contributed by atoms with Crippen molar-refractivity contribution in [2.45, 2.75) is 40.2 Å². The van der Waals surface area contributed by atoms with Crippen molar-refractivity contribution in [1.82, 2.24) is 9.97 Å². The Morgan fingerprint density at radius 1 is 1.12 bits per heavy atom. The molecule has 0 N–H and O–H groups in total. The molecule has 2 heterocycles. The first-order valence-electron chi connectivity index (χ1n) is 8.58. The summed E-state index contributed by atoms with van der Waals surface area (Å²) in [4.78, 5) is 23.8. The second kappa shape index (κ2) is 7.31. The van der Waals surface area contributed by atoms with Crippen molar-refractivity contribution in [3.8, 4) is 0 Å². The van der Waals surface area contributed by atoms with Gasteiger partial charge in [-0.15, -0.1) is 0 Å². The van der Waals surface area contributed by atoms with Gasteiger partial charge in [-0.05, 0) is 29.7 Å². The number of pyridine rings is 1. The third-order valence-electron chi connectivity index (χ3n) is 4.10. The normalized spacial score (nSPS) is 11.4. The highest BCUT2D eigenvalue weighted by atomic mass is 32.1. The molecular formula is C20H23N3OS. The van der Waals surface area contributed by atoms with Crippen LogP contribution in [-0.2, 0) is 11.3 Å². The van der Waals surface area contributed by atoms with Gasteiger partial charge in [0.1, 0.15) is 0 Å². The second-order valence-electron chi connectivity index (χ2n) is 6.75. The number of thiazole rings is 1. The first kappa shape index (κ1) is 17.5. The summed E-state index contributed by atoms with van der Waals surface area (Å²) in [5.74, 6) is 0.361. The summed E-state index contributed by atoms with van der Waals surface area (Å²) >= 11 is 1.57. The van der Waals surface area contributed by atoms with E-state index < -0.39 is 0 Å². The quantitative estimate of drug-likeness (QED) is 0.648. The Morgan fingerprint density at radius 3 is 2.56 bits per heavy atom. The van der Waals surface area contributed by atoms with Crippen LogP contribution in [0.2, 0.25) is 0 Å². The van der Waals surface area contributed by atoms with Gasteiger partial charge in [-0.1, -0.05) is 57.2 Å². The van der Waals surface area contributed by atoms with Crippen molar-refractivity contribution in [2.75, 3.05) is 4.90 Å². The summed E-state index contributed by atoms with van der Waals surface area (Å²) in [5.41, 5.74) is 3.08. The van der Waals surface area contributed by atoms with Gasteiger partial charge in [-0.2, -0.15) is 0 Å². The fraction of sp³-hybridized carbons (Fsp3) is 0.350. The number of benzene rings is 1. The van der Waals surface area contributed by atoms with E-state index in [0.29, 0.717) is 12.5 Å². The van der Waals surface area contributed by atoms with Gasteiger partial charge in [-0.25, -0.2) is 4.98 Å². The number of nitrogens with zero attached hydrogens (tertiary/aromatic N) is 3. The van der Waals surface area contributed by atoms with E-state index in [1.165, 1.54) is 5.56 Å². The van der Waals surface area contributed by atoms with Gasteiger partial charge >= 0.3 is 0 Å². The zero-order valence-electron chi connectivity index (χ0n) is 15.1. The Kier molecular flexibility index (Phi) is 5.13. The van der Waals surface area contributed by atoms with Crippen LogP contribution in [0, 0.1) is 5.92 Å². The molecule has 0 saturated heterocycles. The number of anilines is 1. The minimum Gasteiger partial charge on any atom is -0.282 e. The van der Waals surface area contributed by atoms with Crippen LogP contribution in [0.5, 0.6) is 0 Å². The molecule has 1 amide bonds. The number of para-hydroxylation sites is 1. The number of hydrogen-bond acceptors (Lipinski definition) is 4. The third kappa shape index (κ3) is 3.71. The average molecular weight is 353 g/mol. The summed E-state index contributed by atoms with van der Waals surface area (Å²) < 4.78 is 1.11. The van der Waals surface area contributed by atoms with Crippen molar-refractivity contribution in [3.63, 3.8) is 0 Å². The molecular weight excluding hydrogens is 330 g/mol. The largest absolute Gasteiger partial charge is 0.282 e. The van der Waals surface area contributed by atoms with Gasteiger partial charge < -0.3 is 0 Å². The fourth-order valence-electron chi connectivity index (χ4n) is 2.74. The lowest BCUT2D eigenvalue weighted by Crippen LogP contribution is -2.34. The zero-order valence-corrected chi connectivity index (χ0v) is 15.9. The Balaban J connectivity index is 2.05. The molecule has 0 atom stereocenters. The van der Waals surface area contributed by atoms with E-state index in [1.54, 1.807) is 22.4 Å². The van der Waals surface area contributed by atoms with Crippen molar-refractivity contribution in [2.24, 2.45) is 5.92 Å². The van der Waals surface area contributed by atoms with Gasteiger partial charge in [0.2, 0.25) is 5.91 Å². The molecule has 2 aromatic heterocycles. The number of hydrogen-bond donors (Lipinski definition) is 0. The van der Waals surface area contributed by atoms with Crippen molar-refractivity contribution >= 4 is 32.6 Å². The molecule has 0 saturated carbocycles. The maximum Gasteiger partial charge on any atom is 0.231 e. The molecule has 0 aliphatic heterocycles. The van der Waals surface area contributed by atoms with Crippen LogP contribution in [0.15, 0.2) is 42.6 Å². The Hall–Kier alpha value is -2.27. The number of rotatable bonds is 5. The molecule has 4 nitrogen and oxygen atoms in total. The van der Waals surface area contributed by atoms with E-state index >= 15 is 0 Å². The van der Waals surface area contributed by atoms with Crippen LogP contribution in [0.4, 0.5) is 5.13 Å². The number of fused-ring (bicyclic) bond motifs is 1. The molecule has 0 aliphatic rings. The molecule has 0 radical (unpaired) electrons. The lowest BCUT2D eigenvalue weighted by atomic mass is 10.0. The molecule has 130 valence electrons. The summed E-state index contributed by atoms with van der Waals surface area (Å²) in [6.07, 6.45) is 1.75. The van der Waals surface area contributed by atoms with Crippen LogP contribution in [-0.4, -0.2) is 15.9 Å². The van der Waals surface area contributed by atoms with Crippen LogP contribution >= 0.6 is 11.3 Å². The van der Waals surface area contributed by atoms with Gasteiger partial charge in [0.05, 0.1) is 22.5 Å². The number of aromatic nitrogens is 2. The third-order valence-corrected chi connectivity index (χ3v) is 5.14. The number of carbonyl (C=O) groups excluding carboxylic acids is 1. The topological polar surface area (TPSA) is 46.1 Å². The Labute approximate surface area is 152 Å². The minimum atomic E-state index is -0.0970. The maximum absolute atomic E-state index is 12.8. The molecule has 0 bridgehead atoms. The first-order chi connectivity index (χ1) is 12.0. The van der Waals surface area contributed by atoms with E-state index in [1.807, 2.05) is 32.0 Å². The molecule has 0 fully saturated rings. The highest BCUT2D eigenvalue weighted by Gasteiger charge is 2.23. The molecule has 0 unspecified atom stereocenters. The van der Waals surface area contributed by atoms with Gasteiger partial charge in [0.25, 0.3) is 0 Å². The van der Waals surface area contributed by atoms with E-state index in [0.717, 1.165) is 21.0 Å². The fourth-order valence-corrected chi connectivity index (χ4v) is 3.75. The predicted octanol–water partition coefficient (Wildman–Crippen LogP) is 5.00. The summed E-state index contributed by atoms with van der Waals surface area (Å²) in [5, 5.41) is 0.743. The molecule has 0 aliphatic carbocycles. The highest BCUT2D eigenvalue weighted by molar-refractivity contribution is 7.22. The van der Waals surface area contributed by atoms with Crippen molar-refractivity contribution in [1.29, 1.82) is 0 Å². The zero-order chi connectivity index (χ0) is 18.0. The molecule has 1 aromatic carbocycles. The first-order valence-corrected chi connectivity index (χ1v) is 9.39. The Morgan fingerprint density at radius 2 is 1.92 bits per heavy atom. The van der Waals surface area contributed by atoms with E-state index in [2.05, 4.69) is 37.0 Å². The van der Waals surface area contributed by atoms with Crippen molar-refractivity contribution in [3.05, 3.63) is 53.9 Å². The monoisotopic (exact) mass is 353 g/mol. The highest BCUT2D eigenvalue weighted by Crippen LogP contribution is 2.34. The van der Waals surface area contributed by atoms with Crippen LogP contribution in [0.3, 0.4) is 0 Å². The molecule has 3 rings (SSSR count). The Bertz CT molecular complexity index is 871. The molecule has 25 heavy (non-hydrogen) atoms. The van der Waals surface area contributed by atoms with E-state index in [-0.39, 0.29) is 11.8 Å². The lowest BCUT2D eigenvalue weighted by molar-refractivity contribution is -0.121.